The Labute approximate surface area is 156 Å². The van der Waals surface area contributed by atoms with Crippen molar-refractivity contribution in [1.82, 2.24) is 20.3 Å². The third-order valence-corrected chi connectivity index (χ3v) is 3.77. The molecule has 138 valence electrons. The largest absolute Gasteiger partial charge is 0.497 e. The van der Waals surface area contributed by atoms with Crippen molar-refractivity contribution in [3.05, 3.63) is 66.4 Å². The van der Waals surface area contributed by atoms with Crippen LogP contribution in [0.25, 0.3) is 0 Å². The van der Waals surface area contributed by atoms with Crippen molar-refractivity contribution in [3.63, 3.8) is 0 Å². The fraction of sp³-hybridized carbons (Fsp3) is 0.158. The molecule has 8 nitrogen and oxygen atoms in total. The van der Waals surface area contributed by atoms with E-state index in [0.29, 0.717) is 29.5 Å². The molecule has 0 atom stereocenters. The summed E-state index contributed by atoms with van der Waals surface area (Å²) in [6.45, 7) is 0.389. The van der Waals surface area contributed by atoms with E-state index < -0.39 is 0 Å². The molecule has 0 bridgehead atoms. The first-order valence-corrected chi connectivity index (χ1v) is 8.18. The maximum atomic E-state index is 12.3. The van der Waals surface area contributed by atoms with E-state index in [4.69, 9.17) is 9.47 Å². The highest BCUT2D eigenvalue weighted by Gasteiger charge is 2.11. The minimum atomic E-state index is -0.293. The third kappa shape index (κ3) is 4.69. The molecule has 1 amide bonds. The molecule has 3 rings (SSSR count). The Morgan fingerprint density at radius 3 is 2.59 bits per heavy atom. The van der Waals surface area contributed by atoms with E-state index in [9.17, 15) is 4.79 Å². The zero-order chi connectivity index (χ0) is 19.1. The molecule has 0 aliphatic rings. The highest BCUT2D eigenvalue weighted by atomic mass is 16.5. The number of nitrogens with zero attached hydrogens (tertiary/aromatic N) is 3. The van der Waals surface area contributed by atoms with Gasteiger partial charge in [0.25, 0.3) is 5.91 Å². The molecular formula is C19H19N5O3. The summed E-state index contributed by atoms with van der Waals surface area (Å²) in [4.78, 5) is 24.5. The molecule has 0 spiro atoms. The van der Waals surface area contributed by atoms with Crippen LogP contribution < -0.4 is 20.1 Å². The van der Waals surface area contributed by atoms with Crippen molar-refractivity contribution in [2.75, 3.05) is 19.5 Å². The SMILES string of the molecule is COc1ccc(Nc2cc(C(=O)NCc3ccncc3)ncn2)c(OC)c1. The van der Waals surface area contributed by atoms with E-state index in [-0.39, 0.29) is 11.6 Å². The van der Waals surface area contributed by atoms with Crippen LogP contribution in [-0.2, 0) is 6.54 Å². The minimum Gasteiger partial charge on any atom is -0.497 e. The lowest BCUT2D eigenvalue weighted by Crippen LogP contribution is -2.24. The zero-order valence-corrected chi connectivity index (χ0v) is 15.0. The summed E-state index contributed by atoms with van der Waals surface area (Å²) in [6, 6.07) is 10.6. The lowest BCUT2D eigenvalue weighted by Gasteiger charge is -2.12. The smallest absolute Gasteiger partial charge is 0.270 e. The lowest BCUT2D eigenvalue weighted by atomic mass is 10.2. The van der Waals surface area contributed by atoms with Crippen molar-refractivity contribution in [3.8, 4) is 11.5 Å². The molecule has 0 saturated heterocycles. The van der Waals surface area contributed by atoms with Crippen LogP contribution in [-0.4, -0.2) is 35.1 Å². The van der Waals surface area contributed by atoms with Crippen LogP contribution in [0.15, 0.2) is 55.1 Å². The van der Waals surface area contributed by atoms with Crippen molar-refractivity contribution in [1.29, 1.82) is 0 Å². The Morgan fingerprint density at radius 2 is 1.85 bits per heavy atom. The van der Waals surface area contributed by atoms with Crippen LogP contribution in [0.2, 0.25) is 0 Å². The van der Waals surface area contributed by atoms with E-state index in [1.807, 2.05) is 18.2 Å². The van der Waals surface area contributed by atoms with Gasteiger partial charge in [-0.25, -0.2) is 9.97 Å². The van der Waals surface area contributed by atoms with Gasteiger partial charge in [0.15, 0.2) is 0 Å². The summed E-state index contributed by atoms with van der Waals surface area (Å²) in [7, 11) is 3.15. The Morgan fingerprint density at radius 1 is 1.04 bits per heavy atom. The second-order valence-electron chi connectivity index (χ2n) is 5.52. The van der Waals surface area contributed by atoms with Gasteiger partial charge in [-0.05, 0) is 29.8 Å². The quantitative estimate of drug-likeness (QED) is 0.664. The van der Waals surface area contributed by atoms with Gasteiger partial charge in [-0.3, -0.25) is 9.78 Å². The van der Waals surface area contributed by atoms with Gasteiger partial charge in [-0.1, -0.05) is 0 Å². The maximum Gasteiger partial charge on any atom is 0.270 e. The van der Waals surface area contributed by atoms with Crippen molar-refractivity contribution in [2.24, 2.45) is 0 Å². The molecule has 8 heteroatoms. The molecule has 0 fully saturated rings. The number of rotatable bonds is 7. The van der Waals surface area contributed by atoms with Gasteiger partial charge >= 0.3 is 0 Å². The predicted molar refractivity (Wildman–Crippen MR) is 100 cm³/mol. The van der Waals surface area contributed by atoms with Gasteiger partial charge in [0.05, 0.1) is 19.9 Å². The van der Waals surface area contributed by atoms with Crippen molar-refractivity contribution in [2.45, 2.75) is 6.54 Å². The number of amides is 1. The Balaban J connectivity index is 1.71. The first-order chi connectivity index (χ1) is 13.2. The summed E-state index contributed by atoms with van der Waals surface area (Å²) in [5.74, 6) is 1.45. The molecule has 27 heavy (non-hydrogen) atoms. The number of aromatic nitrogens is 3. The van der Waals surface area contributed by atoms with Gasteiger partial charge in [0.1, 0.15) is 29.3 Å². The van der Waals surface area contributed by atoms with Crippen LogP contribution in [0.5, 0.6) is 11.5 Å². The van der Waals surface area contributed by atoms with Gasteiger partial charge in [0.2, 0.25) is 0 Å². The number of benzene rings is 1. The first kappa shape index (κ1) is 18.1. The highest BCUT2D eigenvalue weighted by molar-refractivity contribution is 5.93. The minimum absolute atomic E-state index is 0.258. The van der Waals surface area contributed by atoms with E-state index in [0.717, 1.165) is 5.56 Å². The Kier molecular flexibility index (Phi) is 5.78. The molecule has 0 radical (unpaired) electrons. The number of ether oxygens (including phenoxy) is 2. The van der Waals surface area contributed by atoms with Crippen LogP contribution in [0.4, 0.5) is 11.5 Å². The monoisotopic (exact) mass is 365 g/mol. The number of hydrogen-bond donors (Lipinski definition) is 2. The van der Waals surface area contributed by atoms with Gasteiger partial charge < -0.3 is 20.1 Å². The number of carbonyl (C=O) groups is 1. The van der Waals surface area contributed by atoms with Crippen LogP contribution >= 0.6 is 0 Å². The average molecular weight is 365 g/mol. The fourth-order valence-corrected chi connectivity index (χ4v) is 2.36. The van der Waals surface area contributed by atoms with Gasteiger partial charge in [-0.2, -0.15) is 0 Å². The molecule has 0 aliphatic heterocycles. The van der Waals surface area contributed by atoms with Crippen LogP contribution in [0.1, 0.15) is 16.1 Å². The highest BCUT2D eigenvalue weighted by Crippen LogP contribution is 2.30. The molecule has 2 N–H and O–H groups in total. The molecule has 0 aliphatic carbocycles. The van der Waals surface area contributed by atoms with Crippen LogP contribution in [0.3, 0.4) is 0 Å². The number of pyridine rings is 1. The molecule has 3 aromatic rings. The van der Waals surface area contributed by atoms with Gasteiger partial charge in [0, 0.05) is 31.1 Å². The summed E-state index contributed by atoms with van der Waals surface area (Å²) >= 11 is 0. The normalized spacial score (nSPS) is 10.1. The second-order valence-corrected chi connectivity index (χ2v) is 5.52. The maximum absolute atomic E-state index is 12.3. The number of hydrogen-bond acceptors (Lipinski definition) is 7. The van der Waals surface area contributed by atoms with Crippen molar-refractivity contribution < 1.29 is 14.3 Å². The number of carbonyl (C=O) groups excluding carboxylic acids is 1. The second kappa shape index (κ2) is 8.61. The molecule has 1 aromatic carbocycles. The van der Waals surface area contributed by atoms with Crippen LogP contribution in [0, 0.1) is 0 Å². The molecule has 2 aromatic heterocycles. The summed E-state index contributed by atoms with van der Waals surface area (Å²) in [5, 5.41) is 5.94. The van der Waals surface area contributed by atoms with E-state index >= 15 is 0 Å². The van der Waals surface area contributed by atoms with E-state index in [1.54, 1.807) is 44.8 Å². The molecule has 0 unspecified atom stereocenters. The van der Waals surface area contributed by atoms with E-state index in [1.165, 1.54) is 6.33 Å². The van der Waals surface area contributed by atoms with Crippen molar-refractivity contribution >= 4 is 17.4 Å². The Hall–Kier alpha value is -3.68. The fourth-order valence-electron chi connectivity index (χ4n) is 2.36. The van der Waals surface area contributed by atoms with Gasteiger partial charge in [-0.15, -0.1) is 0 Å². The number of nitrogens with one attached hydrogen (secondary N) is 2. The molecule has 0 saturated carbocycles. The summed E-state index contributed by atoms with van der Waals surface area (Å²) in [5.41, 5.74) is 1.91. The molecular weight excluding hydrogens is 346 g/mol. The third-order valence-electron chi connectivity index (χ3n) is 3.77. The topological polar surface area (TPSA) is 98.3 Å². The Bertz CT molecular complexity index is 918. The lowest BCUT2D eigenvalue weighted by molar-refractivity contribution is 0.0946. The summed E-state index contributed by atoms with van der Waals surface area (Å²) < 4.78 is 10.5. The standard InChI is InChI=1S/C19H19N5O3/c1-26-14-3-4-15(17(9-14)27-2)24-18-10-16(22-12-23-18)19(25)21-11-13-5-7-20-8-6-13/h3-10,12H,11H2,1-2H3,(H,21,25)(H,22,23,24). The number of anilines is 2. The first-order valence-electron chi connectivity index (χ1n) is 8.18. The molecule has 2 heterocycles. The average Bonchev–Trinajstić information content (AvgIpc) is 2.73. The predicted octanol–water partition coefficient (Wildman–Crippen LogP) is 2.56. The van der Waals surface area contributed by atoms with E-state index in [2.05, 4.69) is 25.6 Å². The summed E-state index contributed by atoms with van der Waals surface area (Å²) in [6.07, 6.45) is 4.69. The number of methoxy groups -OCH3 is 2. The zero-order valence-electron chi connectivity index (χ0n) is 15.0.